The van der Waals surface area contributed by atoms with Crippen molar-refractivity contribution in [3.63, 3.8) is 0 Å². The Kier molecular flexibility index (Phi) is 9.57. The normalized spacial score (nSPS) is 12.3. The van der Waals surface area contributed by atoms with Gasteiger partial charge in [-0.15, -0.1) is 11.6 Å². The van der Waals surface area contributed by atoms with E-state index in [1.54, 1.807) is 7.11 Å². The van der Waals surface area contributed by atoms with Crippen molar-refractivity contribution in [1.82, 2.24) is 0 Å². The van der Waals surface area contributed by atoms with E-state index in [2.05, 4.69) is 19.1 Å². The molecular weight excluding hydrogens is 268 g/mol. The minimum Gasteiger partial charge on any atom is -0.497 e. The quantitative estimate of drug-likeness (QED) is 0.360. The SMILES string of the molecule is CCCCCCCCCC(Cl)Cc1cccc(OC)c1. The maximum atomic E-state index is 6.43. The summed E-state index contributed by atoms with van der Waals surface area (Å²) in [6.45, 7) is 2.26. The van der Waals surface area contributed by atoms with Crippen molar-refractivity contribution in [2.45, 2.75) is 70.1 Å². The standard InChI is InChI=1S/C18H29ClO/c1-3-4-5-6-7-8-9-12-17(19)14-16-11-10-13-18(15-16)20-2/h10-11,13,15,17H,3-9,12,14H2,1-2H3. The molecule has 114 valence electrons. The summed E-state index contributed by atoms with van der Waals surface area (Å²) < 4.78 is 5.24. The van der Waals surface area contributed by atoms with Gasteiger partial charge >= 0.3 is 0 Å². The summed E-state index contributed by atoms with van der Waals surface area (Å²) in [4.78, 5) is 0. The van der Waals surface area contributed by atoms with E-state index >= 15 is 0 Å². The van der Waals surface area contributed by atoms with Crippen molar-refractivity contribution >= 4 is 11.6 Å². The Balaban J connectivity index is 2.12. The number of alkyl halides is 1. The van der Waals surface area contributed by atoms with Gasteiger partial charge in [-0.1, -0.05) is 64.0 Å². The van der Waals surface area contributed by atoms with Gasteiger partial charge in [0.25, 0.3) is 0 Å². The third kappa shape index (κ3) is 7.79. The van der Waals surface area contributed by atoms with Gasteiger partial charge in [0, 0.05) is 5.38 Å². The third-order valence-electron chi connectivity index (χ3n) is 3.71. The van der Waals surface area contributed by atoms with Crippen LogP contribution in [0.2, 0.25) is 0 Å². The van der Waals surface area contributed by atoms with E-state index < -0.39 is 0 Å². The van der Waals surface area contributed by atoms with Crippen LogP contribution >= 0.6 is 11.6 Å². The van der Waals surface area contributed by atoms with Crippen LogP contribution < -0.4 is 4.74 Å². The Hall–Kier alpha value is -0.690. The van der Waals surface area contributed by atoms with Crippen LogP contribution in [0.1, 0.15) is 63.9 Å². The van der Waals surface area contributed by atoms with Gasteiger partial charge in [0.05, 0.1) is 7.11 Å². The molecule has 0 heterocycles. The molecule has 0 fully saturated rings. The highest BCUT2D eigenvalue weighted by molar-refractivity contribution is 6.20. The first-order valence-electron chi connectivity index (χ1n) is 8.03. The Bertz CT molecular complexity index is 351. The van der Waals surface area contributed by atoms with Crippen LogP contribution in [-0.4, -0.2) is 12.5 Å². The molecule has 0 aromatic heterocycles. The molecule has 1 unspecified atom stereocenters. The van der Waals surface area contributed by atoms with E-state index in [1.165, 1.54) is 50.5 Å². The molecule has 0 aliphatic heterocycles. The van der Waals surface area contributed by atoms with Crippen LogP contribution in [0.5, 0.6) is 5.75 Å². The van der Waals surface area contributed by atoms with Gasteiger partial charge in [0.1, 0.15) is 5.75 Å². The number of halogens is 1. The summed E-state index contributed by atoms with van der Waals surface area (Å²) >= 11 is 6.43. The summed E-state index contributed by atoms with van der Waals surface area (Å²) in [6, 6.07) is 8.22. The molecule has 0 saturated carbocycles. The number of rotatable bonds is 11. The molecule has 1 aromatic carbocycles. The molecule has 0 aliphatic rings. The van der Waals surface area contributed by atoms with Gasteiger partial charge in [0.2, 0.25) is 0 Å². The minimum atomic E-state index is 0.248. The minimum absolute atomic E-state index is 0.248. The number of unbranched alkanes of at least 4 members (excludes halogenated alkanes) is 6. The molecule has 0 aliphatic carbocycles. The van der Waals surface area contributed by atoms with Gasteiger partial charge in [0.15, 0.2) is 0 Å². The average Bonchev–Trinajstić information content (AvgIpc) is 2.46. The zero-order valence-corrected chi connectivity index (χ0v) is 13.8. The highest BCUT2D eigenvalue weighted by Crippen LogP contribution is 2.19. The number of benzene rings is 1. The van der Waals surface area contributed by atoms with Crippen molar-refractivity contribution in [1.29, 1.82) is 0 Å². The van der Waals surface area contributed by atoms with Gasteiger partial charge in [-0.2, -0.15) is 0 Å². The molecule has 0 bridgehead atoms. The number of ether oxygens (including phenoxy) is 1. The molecule has 0 N–H and O–H groups in total. The van der Waals surface area contributed by atoms with E-state index in [-0.39, 0.29) is 5.38 Å². The zero-order chi connectivity index (χ0) is 14.6. The van der Waals surface area contributed by atoms with Crippen molar-refractivity contribution < 1.29 is 4.74 Å². The van der Waals surface area contributed by atoms with Crippen molar-refractivity contribution in [2.24, 2.45) is 0 Å². The van der Waals surface area contributed by atoms with Crippen LogP contribution in [0.25, 0.3) is 0 Å². The molecular formula is C18H29ClO. The number of hydrogen-bond donors (Lipinski definition) is 0. The first-order valence-corrected chi connectivity index (χ1v) is 8.47. The molecule has 0 amide bonds. The summed E-state index contributed by atoms with van der Waals surface area (Å²) in [6.07, 6.45) is 11.5. The molecule has 2 heteroatoms. The van der Waals surface area contributed by atoms with Gasteiger partial charge in [-0.25, -0.2) is 0 Å². The molecule has 1 rings (SSSR count). The van der Waals surface area contributed by atoms with Crippen LogP contribution in [0, 0.1) is 0 Å². The average molecular weight is 297 g/mol. The Morgan fingerprint density at radius 2 is 1.75 bits per heavy atom. The van der Waals surface area contributed by atoms with Crippen LogP contribution in [0.4, 0.5) is 0 Å². The van der Waals surface area contributed by atoms with Gasteiger partial charge < -0.3 is 4.74 Å². The Labute approximate surface area is 129 Å². The molecule has 0 radical (unpaired) electrons. The second kappa shape index (κ2) is 11.0. The maximum absolute atomic E-state index is 6.43. The fourth-order valence-corrected chi connectivity index (χ4v) is 2.81. The van der Waals surface area contributed by atoms with Gasteiger partial charge in [-0.05, 0) is 30.5 Å². The number of hydrogen-bond acceptors (Lipinski definition) is 1. The smallest absolute Gasteiger partial charge is 0.119 e. The van der Waals surface area contributed by atoms with Crippen molar-refractivity contribution in [3.8, 4) is 5.75 Å². The predicted molar refractivity (Wildman–Crippen MR) is 88.9 cm³/mol. The van der Waals surface area contributed by atoms with E-state index in [4.69, 9.17) is 16.3 Å². The molecule has 1 nitrogen and oxygen atoms in total. The first kappa shape index (κ1) is 17.4. The van der Waals surface area contributed by atoms with Crippen molar-refractivity contribution in [2.75, 3.05) is 7.11 Å². The van der Waals surface area contributed by atoms with Crippen molar-refractivity contribution in [3.05, 3.63) is 29.8 Å². The summed E-state index contributed by atoms with van der Waals surface area (Å²) in [7, 11) is 1.70. The second-order valence-electron chi connectivity index (χ2n) is 5.56. The molecule has 1 atom stereocenters. The molecule has 20 heavy (non-hydrogen) atoms. The third-order valence-corrected chi connectivity index (χ3v) is 4.08. The molecule has 0 spiro atoms. The van der Waals surface area contributed by atoms with E-state index in [0.717, 1.165) is 18.6 Å². The first-order chi connectivity index (χ1) is 9.76. The lowest BCUT2D eigenvalue weighted by atomic mass is 10.0. The van der Waals surface area contributed by atoms with E-state index in [9.17, 15) is 0 Å². The summed E-state index contributed by atoms with van der Waals surface area (Å²) in [5, 5.41) is 0.248. The predicted octanol–water partition coefficient (Wildman–Crippen LogP) is 5.99. The maximum Gasteiger partial charge on any atom is 0.119 e. The van der Waals surface area contributed by atoms with Crippen LogP contribution in [-0.2, 0) is 6.42 Å². The van der Waals surface area contributed by atoms with E-state index in [0.29, 0.717) is 0 Å². The lowest BCUT2D eigenvalue weighted by Crippen LogP contribution is -2.03. The fourth-order valence-electron chi connectivity index (χ4n) is 2.48. The monoisotopic (exact) mass is 296 g/mol. The zero-order valence-electron chi connectivity index (χ0n) is 13.0. The highest BCUT2D eigenvalue weighted by Gasteiger charge is 2.06. The number of methoxy groups -OCH3 is 1. The molecule has 1 aromatic rings. The Morgan fingerprint density at radius 1 is 1.05 bits per heavy atom. The summed E-state index contributed by atoms with van der Waals surface area (Å²) in [5.74, 6) is 0.919. The topological polar surface area (TPSA) is 9.23 Å². The fraction of sp³-hybridized carbons (Fsp3) is 0.667. The van der Waals surface area contributed by atoms with E-state index in [1.807, 2.05) is 12.1 Å². The largest absolute Gasteiger partial charge is 0.497 e. The van der Waals surface area contributed by atoms with Gasteiger partial charge in [-0.3, -0.25) is 0 Å². The second-order valence-corrected chi connectivity index (χ2v) is 6.18. The van der Waals surface area contributed by atoms with Crippen LogP contribution in [0.15, 0.2) is 24.3 Å². The summed E-state index contributed by atoms with van der Waals surface area (Å²) in [5.41, 5.74) is 1.27. The van der Waals surface area contributed by atoms with Crippen LogP contribution in [0.3, 0.4) is 0 Å². The highest BCUT2D eigenvalue weighted by atomic mass is 35.5. The molecule has 0 saturated heterocycles. The lowest BCUT2D eigenvalue weighted by Gasteiger charge is -2.10. The Morgan fingerprint density at radius 3 is 2.45 bits per heavy atom. The lowest BCUT2D eigenvalue weighted by molar-refractivity contribution is 0.414.